The lowest BCUT2D eigenvalue weighted by Gasteiger charge is -2.33. The molecule has 146 valence electrons. The molecule has 1 aromatic carbocycles. The van der Waals surface area contributed by atoms with Crippen LogP contribution in [0.1, 0.15) is 62.4 Å². The van der Waals surface area contributed by atoms with E-state index in [0.717, 1.165) is 31.2 Å². The highest BCUT2D eigenvalue weighted by Gasteiger charge is 2.28. The monoisotopic (exact) mass is 381 g/mol. The number of carbonyl (C=O) groups excluding carboxylic acids is 2. The van der Waals surface area contributed by atoms with Crippen molar-refractivity contribution in [3.63, 3.8) is 0 Å². The molecule has 1 atom stereocenters. The minimum Gasteiger partial charge on any atom is -0.352 e. The quantitative estimate of drug-likeness (QED) is 0.678. The second-order valence-electron chi connectivity index (χ2n) is 7.63. The van der Waals surface area contributed by atoms with E-state index in [0.29, 0.717) is 18.7 Å². The topological polar surface area (TPSA) is 84.2 Å². The number of hydrogen-bond acceptors (Lipinski definition) is 3. The molecular weight excluding hydrogens is 350 g/mol. The predicted octanol–water partition coefficient (Wildman–Crippen LogP) is 3.02. The number of nitrogens with one attached hydrogen (secondary N) is 2. The van der Waals surface area contributed by atoms with E-state index in [-0.39, 0.29) is 36.1 Å². The average Bonchev–Trinajstić information content (AvgIpc) is 3.14. The standard InChI is InChI=1S/C20H31N3O2.ClH/c1-14(2)20(3,13-21)23-19(25)17-10-8-15(9-11-17)12-22-18(24)16-6-4-5-7-16;/h8-11,14,16H,4-7,12-13,21H2,1-3H3,(H,22,24)(H,23,25);1H. The summed E-state index contributed by atoms with van der Waals surface area (Å²) in [7, 11) is 0. The van der Waals surface area contributed by atoms with Gasteiger partial charge in [-0.3, -0.25) is 9.59 Å². The van der Waals surface area contributed by atoms with E-state index in [1.54, 1.807) is 12.1 Å². The van der Waals surface area contributed by atoms with Crippen LogP contribution < -0.4 is 16.4 Å². The van der Waals surface area contributed by atoms with Crippen molar-refractivity contribution in [3.05, 3.63) is 35.4 Å². The van der Waals surface area contributed by atoms with Crippen LogP contribution in [-0.2, 0) is 11.3 Å². The number of halogens is 1. The van der Waals surface area contributed by atoms with E-state index in [2.05, 4.69) is 10.6 Å². The molecule has 5 nitrogen and oxygen atoms in total. The van der Waals surface area contributed by atoms with Gasteiger partial charge in [-0.25, -0.2) is 0 Å². The summed E-state index contributed by atoms with van der Waals surface area (Å²) in [5, 5.41) is 6.03. The van der Waals surface area contributed by atoms with E-state index in [1.165, 1.54) is 0 Å². The van der Waals surface area contributed by atoms with E-state index in [4.69, 9.17) is 5.73 Å². The molecule has 1 aromatic rings. The number of rotatable bonds is 7. The lowest BCUT2D eigenvalue weighted by molar-refractivity contribution is -0.124. The summed E-state index contributed by atoms with van der Waals surface area (Å²) < 4.78 is 0. The molecule has 1 aliphatic carbocycles. The molecule has 2 rings (SSSR count). The van der Waals surface area contributed by atoms with Crippen LogP contribution in [0, 0.1) is 11.8 Å². The fraction of sp³-hybridized carbons (Fsp3) is 0.600. The van der Waals surface area contributed by atoms with Crippen LogP contribution in [0.15, 0.2) is 24.3 Å². The van der Waals surface area contributed by atoms with Crippen LogP contribution in [-0.4, -0.2) is 23.9 Å². The maximum atomic E-state index is 12.4. The third-order valence-corrected chi connectivity index (χ3v) is 5.51. The highest BCUT2D eigenvalue weighted by atomic mass is 35.5. The lowest BCUT2D eigenvalue weighted by Crippen LogP contribution is -2.55. The van der Waals surface area contributed by atoms with Gasteiger partial charge >= 0.3 is 0 Å². The maximum absolute atomic E-state index is 12.4. The van der Waals surface area contributed by atoms with E-state index >= 15 is 0 Å². The van der Waals surface area contributed by atoms with Gasteiger partial charge in [-0.2, -0.15) is 0 Å². The molecule has 0 heterocycles. The maximum Gasteiger partial charge on any atom is 0.251 e. The molecule has 26 heavy (non-hydrogen) atoms. The molecule has 0 spiro atoms. The van der Waals surface area contributed by atoms with Crippen LogP contribution in [0.3, 0.4) is 0 Å². The van der Waals surface area contributed by atoms with E-state index in [1.807, 2.05) is 32.9 Å². The summed E-state index contributed by atoms with van der Waals surface area (Å²) in [5.41, 5.74) is 6.99. The van der Waals surface area contributed by atoms with Gasteiger partial charge in [-0.1, -0.05) is 38.8 Å². The molecule has 0 aliphatic heterocycles. The average molecular weight is 382 g/mol. The molecule has 2 amide bonds. The second-order valence-corrected chi connectivity index (χ2v) is 7.63. The number of amides is 2. The fourth-order valence-electron chi connectivity index (χ4n) is 3.06. The van der Waals surface area contributed by atoms with Gasteiger partial charge in [0.25, 0.3) is 5.91 Å². The van der Waals surface area contributed by atoms with Crippen molar-refractivity contribution in [1.29, 1.82) is 0 Å². The van der Waals surface area contributed by atoms with Crippen LogP contribution in [0.2, 0.25) is 0 Å². The Kier molecular flexibility index (Phi) is 8.57. The molecule has 0 bridgehead atoms. The fourth-order valence-corrected chi connectivity index (χ4v) is 3.06. The first-order valence-electron chi connectivity index (χ1n) is 9.25. The first kappa shape index (κ1) is 22.5. The zero-order valence-electron chi connectivity index (χ0n) is 16.0. The van der Waals surface area contributed by atoms with Crippen molar-refractivity contribution < 1.29 is 9.59 Å². The van der Waals surface area contributed by atoms with Gasteiger partial charge in [0.05, 0.1) is 5.54 Å². The van der Waals surface area contributed by atoms with Crippen molar-refractivity contribution in [1.82, 2.24) is 10.6 Å². The Balaban J connectivity index is 0.00000338. The number of carbonyl (C=O) groups is 2. The Morgan fingerprint density at radius 3 is 2.27 bits per heavy atom. The Labute approximate surface area is 162 Å². The van der Waals surface area contributed by atoms with Gasteiger partial charge < -0.3 is 16.4 Å². The summed E-state index contributed by atoms with van der Waals surface area (Å²) in [6.45, 7) is 6.94. The first-order valence-corrected chi connectivity index (χ1v) is 9.25. The smallest absolute Gasteiger partial charge is 0.251 e. The minimum atomic E-state index is -0.426. The van der Waals surface area contributed by atoms with Gasteiger partial charge in [-0.15, -0.1) is 12.4 Å². The largest absolute Gasteiger partial charge is 0.352 e. The van der Waals surface area contributed by atoms with Crippen LogP contribution >= 0.6 is 12.4 Å². The predicted molar refractivity (Wildman–Crippen MR) is 107 cm³/mol. The molecule has 6 heteroatoms. The molecule has 1 saturated carbocycles. The minimum absolute atomic E-state index is 0. The van der Waals surface area contributed by atoms with Crippen LogP contribution in [0.5, 0.6) is 0 Å². The zero-order chi connectivity index (χ0) is 18.4. The molecule has 4 N–H and O–H groups in total. The second kappa shape index (κ2) is 9.93. The number of nitrogens with two attached hydrogens (primary N) is 1. The van der Waals surface area contributed by atoms with E-state index in [9.17, 15) is 9.59 Å². The zero-order valence-corrected chi connectivity index (χ0v) is 16.8. The number of benzene rings is 1. The summed E-state index contributed by atoms with van der Waals surface area (Å²) in [6.07, 6.45) is 4.31. The first-order chi connectivity index (χ1) is 11.9. The van der Waals surface area contributed by atoms with Gasteiger partial charge in [0.15, 0.2) is 0 Å². The third-order valence-electron chi connectivity index (χ3n) is 5.51. The van der Waals surface area contributed by atoms with Crippen molar-refractivity contribution in [2.45, 2.75) is 58.5 Å². The Hall–Kier alpha value is -1.59. The van der Waals surface area contributed by atoms with Crippen molar-refractivity contribution in [2.24, 2.45) is 17.6 Å². The van der Waals surface area contributed by atoms with Gasteiger partial charge in [-0.05, 0) is 43.4 Å². The van der Waals surface area contributed by atoms with Crippen LogP contribution in [0.4, 0.5) is 0 Å². The molecule has 0 radical (unpaired) electrons. The van der Waals surface area contributed by atoms with Gasteiger partial charge in [0.1, 0.15) is 0 Å². The summed E-state index contributed by atoms with van der Waals surface area (Å²) in [6, 6.07) is 7.37. The van der Waals surface area contributed by atoms with Crippen molar-refractivity contribution in [3.8, 4) is 0 Å². The molecule has 1 fully saturated rings. The van der Waals surface area contributed by atoms with Crippen molar-refractivity contribution in [2.75, 3.05) is 6.54 Å². The summed E-state index contributed by atoms with van der Waals surface area (Å²) in [5.74, 6) is 0.444. The molecule has 0 saturated heterocycles. The summed E-state index contributed by atoms with van der Waals surface area (Å²) >= 11 is 0. The van der Waals surface area contributed by atoms with Gasteiger partial charge in [0, 0.05) is 24.6 Å². The van der Waals surface area contributed by atoms with Crippen LogP contribution in [0.25, 0.3) is 0 Å². The molecule has 1 unspecified atom stereocenters. The normalized spacial score (nSPS) is 16.7. The Morgan fingerprint density at radius 2 is 1.77 bits per heavy atom. The lowest BCUT2D eigenvalue weighted by atomic mass is 9.88. The highest BCUT2D eigenvalue weighted by molar-refractivity contribution is 5.94. The highest BCUT2D eigenvalue weighted by Crippen LogP contribution is 2.24. The van der Waals surface area contributed by atoms with E-state index < -0.39 is 5.54 Å². The Morgan fingerprint density at radius 1 is 1.19 bits per heavy atom. The Bertz CT molecular complexity index is 598. The molecule has 1 aliphatic rings. The van der Waals surface area contributed by atoms with Crippen molar-refractivity contribution >= 4 is 24.2 Å². The molecule has 0 aromatic heterocycles. The van der Waals surface area contributed by atoms with Gasteiger partial charge in [0.2, 0.25) is 5.91 Å². The number of hydrogen-bond donors (Lipinski definition) is 3. The molecular formula is C20H32ClN3O2. The summed E-state index contributed by atoms with van der Waals surface area (Å²) in [4.78, 5) is 24.5. The third kappa shape index (κ3) is 5.71. The SMILES string of the molecule is CC(C)C(C)(CN)NC(=O)c1ccc(CNC(=O)C2CCCC2)cc1.Cl.